The summed E-state index contributed by atoms with van der Waals surface area (Å²) in [6.07, 6.45) is 0. The maximum atomic E-state index is 11.9. The third kappa shape index (κ3) is 4.36. The number of sulfonamides is 1. The first kappa shape index (κ1) is 14.0. The van der Waals surface area contributed by atoms with Crippen molar-refractivity contribution < 1.29 is 13.2 Å². The van der Waals surface area contributed by atoms with Gasteiger partial charge in [0.15, 0.2) is 0 Å². The van der Waals surface area contributed by atoms with Gasteiger partial charge in [0.2, 0.25) is 10.0 Å². The number of nitrogens with one attached hydrogen (secondary N) is 1. The molecule has 1 aromatic rings. The van der Waals surface area contributed by atoms with Crippen LogP contribution in [0.2, 0.25) is 0 Å². The van der Waals surface area contributed by atoms with Crippen molar-refractivity contribution in [3.05, 3.63) is 24.3 Å². The Morgan fingerprint density at radius 1 is 1.18 bits per heavy atom. The summed E-state index contributed by atoms with van der Waals surface area (Å²) in [5, 5.41) is 0. The number of hydrogen-bond acceptors (Lipinski definition) is 3. The Morgan fingerprint density at radius 3 is 2.12 bits per heavy atom. The Bertz CT molecular complexity index is 458. The van der Waals surface area contributed by atoms with Crippen LogP contribution in [0.3, 0.4) is 0 Å². The molecule has 17 heavy (non-hydrogen) atoms. The van der Waals surface area contributed by atoms with Crippen molar-refractivity contribution in [3.63, 3.8) is 0 Å². The number of methoxy groups -OCH3 is 1. The van der Waals surface area contributed by atoms with Crippen molar-refractivity contribution in [2.24, 2.45) is 5.41 Å². The van der Waals surface area contributed by atoms with Gasteiger partial charge in [-0.15, -0.1) is 0 Å². The molecule has 0 unspecified atom stereocenters. The average molecular weight is 257 g/mol. The van der Waals surface area contributed by atoms with E-state index in [1.807, 2.05) is 20.8 Å². The summed E-state index contributed by atoms with van der Waals surface area (Å²) in [6.45, 7) is 6.33. The summed E-state index contributed by atoms with van der Waals surface area (Å²) >= 11 is 0. The molecule has 0 atom stereocenters. The molecule has 0 fully saturated rings. The van der Waals surface area contributed by atoms with Gasteiger partial charge in [-0.2, -0.15) is 0 Å². The van der Waals surface area contributed by atoms with Crippen LogP contribution in [0.15, 0.2) is 29.2 Å². The van der Waals surface area contributed by atoms with Crippen molar-refractivity contribution >= 4 is 10.0 Å². The maximum Gasteiger partial charge on any atom is 0.240 e. The molecule has 0 bridgehead atoms. The smallest absolute Gasteiger partial charge is 0.240 e. The first-order chi connectivity index (χ1) is 7.74. The summed E-state index contributed by atoms with van der Waals surface area (Å²) in [6, 6.07) is 6.32. The maximum absolute atomic E-state index is 11.9. The molecule has 0 aromatic heterocycles. The topological polar surface area (TPSA) is 55.4 Å². The standard InChI is InChI=1S/C12H19NO3S/c1-12(2,3)9-13-17(14,15)11-7-5-10(16-4)6-8-11/h5-8,13H,9H2,1-4H3. The molecule has 1 aromatic carbocycles. The fourth-order valence-corrected chi connectivity index (χ4v) is 2.43. The predicted molar refractivity (Wildman–Crippen MR) is 67.6 cm³/mol. The van der Waals surface area contributed by atoms with Crippen molar-refractivity contribution in [2.45, 2.75) is 25.7 Å². The van der Waals surface area contributed by atoms with Crippen LogP contribution < -0.4 is 9.46 Å². The fraction of sp³-hybridized carbons (Fsp3) is 0.500. The average Bonchev–Trinajstić information content (AvgIpc) is 2.26. The molecule has 0 amide bonds. The number of benzene rings is 1. The fourth-order valence-electron chi connectivity index (χ4n) is 1.15. The van der Waals surface area contributed by atoms with Crippen LogP contribution in [0.5, 0.6) is 5.75 Å². The highest BCUT2D eigenvalue weighted by molar-refractivity contribution is 7.89. The monoisotopic (exact) mass is 257 g/mol. The Kier molecular flexibility index (Phi) is 4.16. The zero-order chi connectivity index (χ0) is 13.1. The van der Waals surface area contributed by atoms with Gasteiger partial charge < -0.3 is 4.74 Å². The summed E-state index contributed by atoms with van der Waals surface area (Å²) < 4.78 is 31.4. The minimum absolute atomic E-state index is 0.0838. The van der Waals surface area contributed by atoms with E-state index in [0.717, 1.165) is 0 Å². The molecule has 0 heterocycles. The molecule has 0 saturated heterocycles. The minimum atomic E-state index is -3.42. The largest absolute Gasteiger partial charge is 0.497 e. The van der Waals surface area contributed by atoms with E-state index in [1.54, 1.807) is 19.2 Å². The molecule has 1 rings (SSSR count). The molecule has 0 aliphatic carbocycles. The molecule has 0 aliphatic rings. The van der Waals surface area contributed by atoms with Gasteiger partial charge in [-0.05, 0) is 29.7 Å². The SMILES string of the molecule is COc1ccc(S(=O)(=O)NCC(C)(C)C)cc1. The molecule has 1 N–H and O–H groups in total. The molecule has 0 spiro atoms. The van der Waals surface area contributed by atoms with Crippen LogP contribution in [-0.4, -0.2) is 22.1 Å². The lowest BCUT2D eigenvalue weighted by molar-refractivity contribution is 0.407. The van der Waals surface area contributed by atoms with E-state index < -0.39 is 10.0 Å². The van der Waals surface area contributed by atoms with Crippen molar-refractivity contribution in [3.8, 4) is 5.75 Å². The van der Waals surface area contributed by atoms with E-state index >= 15 is 0 Å². The van der Waals surface area contributed by atoms with E-state index in [4.69, 9.17) is 4.74 Å². The second-order valence-corrected chi connectivity index (χ2v) is 6.83. The third-order valence-corrected chi connectivity index (χ3v) is 3.58. The Hall–Kier alpha value is -1.07. The molecule has 4 nitrogen and oxygen atoms in total. The highest BCUT2D eigenvalue weighted by Gasteiger charge is 2.18. The summed E-state index contributed by atoms with van der Waals surface area (Å²) in [5.74, 6) is 0.639. The van der Waals surface area contributed by atoms with E-state index in [0.29, 0.717) is 12.3 Å². The van der Waals surface area contributed by atoms with Gasteiger partial charge in [-0.3, -0.25) is 0 Å². The van der Waals surface area contributed by atoms with E-state index in [1.165, 1.54) is 12.1 Å². The Labute approximate surface area is 103 Å². The molecular weight excluding hydrogens is 238 g/mol. The van der Waals surface area contributed by atoms with Gasteiger partial charge >= 0.3 is 0 Å². The molecule has 0 aliphatic heterocycles. The van der Waals surface area contributed by atoms with Gasteiger partial charge in [0.1, 0.15) is 5.75 Å². The third-order valence-electron chi connectivity index (χ3n) is 2.16. The van der Waals surface area contributed by atoms with Crippen LogP contribution in [0.4, 0.5) is 0 Å². The van der Waals surface area contributed by atoms with E-state index in [9.17, 15) is 8.42 Å². The van der Waals surface area contributed by atoms with E-state index in [2.05, 4.69) is 4.72 Å². The van der Waals surface area contributed by atoms with Crippen molar-refractivity contribution in [1.29, 1.82) is 0 Å². The van der Waals surface area contributed by atoms with Crippen LogP contribution >= 0.6 is 0 Å². The summed E-state index contributed by atoms with van der Waals surface area (Å²) in [4.78, 5) is 0.252. The second-order valence-electron chi connectivity index (χ2n) is 5.06. The van der Waals surface area contributed by atoms with E-state index in [-0.39, 0.29) is 10.3 Å². The van der Waals surface area contributed by atoms with Gasteiger partial charge in [-0.25, -0.2) is 13.1 Å². The highest BCUT2D eigenvalue weighted by atomic mass is 32.2. The number of ether oxygens (including phenoxy) is 1. The van der Waals surface area contributed by atoms with Crippen molar-refractivity contribution in [2.75, 3.05) is 13.7 Å². The zero-order valence-electron chi connectivity index (χ0n) is 10.6. The first-order valence-electron chi connectivity index (χ1n) is 5.38. The number of rotatable bonds is 4. The summed E-state index contributed by atoms with van der Waals surface area (Å²) in [5.41, 5.74) is -0.0838. The zero-order valence-corrected chi connectivity index (χ0v) is 11.5. The van der Waals surface area contributed by atoms with Crippen molar-refractivity contribution in [1.82, 2.24) is 4.72 Å². The lowest BCUT2D eigenvalue weighted by Crippen LogP contribution is -2.32. The molecule has 96 valence electrons. The van der Waals surface area contributed by atoms with Crippen LogP contribution in [0, 0.1) is 5.41 Å². The molecule has 0 radical (unpaired) electrons. The second kappa shape index (κ2) is 5.06. The predicted octanol–water partition coefficient (Wildman–Crippen LogP) is 2.02. The summed E-state index contributed by atoms with van der Waals surface area (Å²) in [7, 11) is -1.88. The molecular formula is C12H19NO3S. The quantitative estimate of drug-likeness (QED) is 0.897. The Balaban J connectivity index is 2.82. The van der Waals surface area contributed by atoms with Gasteiger partial charge in [-0.1, -0.05) is 20.8 Å². The lowest BCUT2D eigenvalue weighted by Gasteiger charge is -2.18. The normalized spacial score (nSPS) is 12.5. The highest BCUT2D eigenvalue weighted by Crippen LogP contribution is 2.17. The first-order valence-corrected chi connectivity index (χ1v) is 6.87. The number of hydrogen-bond donors (Lipinski definition) is 1. The minimum Gasteiger partial charge on any atom is -0.497 e. The van der Waals surface area contributed by atoms with Gasteiger partial charge in [0, 0.05) is 6.54 Å². The molecule has 0 saturated carbocycles. The molecule has 5 heteroatoms. The Morgan fingerprint density at radius 2 is 1.71 bits per heavy atom. The lowest BCUT2D eigenvalue weighted by atomic mass is 9.98. The van der Waals surface area contributed by atoms with Gasteiger partial charge in [0.25, 0.3) is 0 Å². The van der Waals surface area contributed by atoms with Crippen LogP contribution in [-0.2, 0) is 10.0 Å². The van der Waals surface area contributed by atoms with Crippen LogP contribution in [0.1, 0.15) is 20.8 Å². The van der Waals surface area contributed by atoms with Crippen LogP contribution in [0.25, 0.3) is 0 Å². The van der Waals surface area contributed by atoms with Gasteiger partial charge in [0.05, 0.1) is 12.0 Å².